The topological polar surface area (TPSA) is 77.0 Å². The van der Waals surface area contributed by atoms with Crippen molar-refractivity contribution in [1.29, 1.82) is 0 Å². The first-order valence-electron chi connectivity index (χ1n) is 6.86. The first kappa shape index (κ1) is 17.0. The quantitative estimate of drug-likeness (QED) is 0.718. The number of hydrogen-bond acceptors (Lipinski definition) is 4. The summed E-state index contributed by atoms with van der Waals surface area (Å²) < 4.78 is 41.8. The zero-order chi connectivity index (χ0) is 18.2. The number of fused-ring (bicyclic) bond motifs is 1. The molecule has 0 unspecified atom stereocenters. The van der Waals surface area contributed by atoms with Gasteiger partial charge in [-0.3, -0.25) is 4.79 Å². The molecule has 0 radical (unpaired) electrons. The smallest absolute Gasteiger partial charge is 0.422 e. The van der Waals surface area contributed by atoms with Gasteiger partial charge in [-0.05, 0) is 30.3 Å². The zero-order valence-corrected chi connectivity index (χ0v) is 13.1. The standard InChI is InChI=1S/C15H9ClF3N3O3/c16-12-11-10(5-6-20-12)13(23)22(14(24)21-11)8-1-3-9(4-2-8)25-7-15(17,18)19/h1-6H,7H2,(H,21,24). The molecule has 0 aliphatic rings. The number of ether oxygens (including phenoxy) is 1. The van der Waals surface area contributed by atoms with Crippen LogP contribution in [0.3, 0.4) is 0 Å². The maximum absolute atomic E-state index is 12.5. The van der Waals surface area contributed by atoms with E-state index in [0.717, 1.165) is 4.57 Å². The van der Waals surface area contributed by atoms with Crippen LogP contribution in [0, 0.1) is 0 Å². The van der Waals surface area contributed by atoms with Gasteiger partial charge in [-0.2, -0.15) is 13.2 Å². The second-order valence-electron chi connectivity index (χ2n) is 4.99. The highest BCUT2D eigenvalue weighted by molar-refractivity contribution is 6.33. The van der Waals surface area contributed by atoms with Gasteiger partial charge in [-0.25, -0.2) is 14.3 Å². The molecule has 130 valence electrons. The van der Waals surface area contributed by atoms with Crippen molar-refractivity contribution in [2.45, 2.75) is 6.18 Å². The molecule has 2 heterocycles. The van der Waals surface area contributed by atoms with Crippen LogP contribution >= 0.6 is 11.6 Å². The van der Waals surface area contributed by atoms with Crippen molar-refractivity contribution >= 4 is 22.5 Å². The van der Waals surface area contributed by atoms with Gasteiger partial charge in [0.25, 0.3) is 5.56 Å². The second kappa shape index (κ2) is 6.25. The van der Waals surface area contributed by atoms with Crippen LogP contribution in [0.15, 0.2) is 46.1 Å². The molecular formula is C15H9ClF3N3O3. The summed E-state index contributed by atoms with van der Waals surface area (Å²) in [6.45, 7) is -1.44. The lowest BCUT2D eigenvalue weighted by Gasteiger charge is -2.10. The number of aromatic nitrogens is 3. The molecule has 0 saturated carbocycles. The summed E-state index contributed by atoms with van der Waals surface area (Å²) in [6, 6.07) is 6.47. The lowest BCUT2D eigenvalue weighted by Crippen LogP contribution is -2.33. The average Bonchev–Trinajstić information content (AvgIpc) is 2.54. The Hall–Kier alpha value is -2.81. The van der Waals surface area contributed by atoms with E-state index in [1.54, 1.807) is 0 Å². The predicted octanol–water partition coefficient (Wildman–Crippen LogP) is 2.67. The summed E-state index contributed by atoms with van der Waals surface area (Å²) in [5.74, 6) is -0.0430. The molecular weight excluding hydrogens is 363 g/mol. The van der Waals surface area contributed by atoms with Crippen molar-refractivity contribution < 1.29 is 17.9 Å². The summed E-state index contributed by atoms with van der Waals surface area (Å²) in [5.41, 5.74) is -1.11. The van der Waals surface area contributed by atoms with E-state index in [1.807, 2.05) is 0 Å². The fourth-order valence-electron chi connectivity index (χ4n) is 2.20. The number of rotatable bonds is 3. The lowest BCUT2D eigenvalue weighted by atomic mass is 10.2. The largest absolute Gasteiger partial charge is 0.484 e. The number of benzene rings is 1. The van der Waals surface area contributed by atoms with Crippen LogP contribution in [-0.2, 0) is 0 Å². The molecule has 0 amide bonds. The lowest BCUT2D eigenvalue weighted by molar-refractivity contribution is -0.153. The van der Waals surface area contributed by atoms with Gasteiger partial charge in [0.2, 0.25) is 0 Å². The Kier molecular flexibility index (Phi) is 4.25. The molecule has 0 saturated heterocycles. The molecule has 10 heteroatoms. The highest BCUT2D eigenvalue weighted by Crippen LogP contribution is 2.20. The molecule has 0 aliphatic carbocycles. The van der Waals surface area contributed by atoms with Crippen molar-refractivity contribution in [1.82, 2.24) is 14.5 Å². The Bertz CT molecular complexity index is 1040. The number of aromatic amines is 1. The average molecular weight is 372 g/mol. The Morgan fingerprint density at radius 1 is 1.16 bits per heavy atom. The minimum atomic E-state index is -4.46. The molecule has 0 bridgehead atoms. The van der Waals surface area contributed by atoms with E-state index < -0.39 is 24.0 Å². The van der Waals surface area contributed by atoms with Crippen molar-refractivity contribution in [3.8, 4) is 11.4 Å². The Morgan fingerprint density at radius 2 is 1.84 bits per heavy atom. The second-order valence-corrected chi connectivity index (χ2v) is 5.35. The molecule has 0 atom stereocenters. The fourth-order valence-corrected chi connectivity index (χ4v) is 2.41. The van der Waals surface area contributed by atoms with E-state index in [1.165, 1.54) is 36.5 Å². The summed E-state index contributed by atoms with van der Waals surface area (Å²) in [5, 5.41) is 0.131. The molecule has 3 aromatic rings. The van der Waals surface area contributed by atoms with E-state index in [-0.39, 0.29) is 27.5 Å². The molecule has 0 aliphatic heterocycles. The van der Waals surface area contributed by atoms with Gasteiger partial charge in [0.05, 0.1) is 16.6 Å². The predicted molar refractivity (Wildman–Crippen MR) is 84.5 cm³/mol. The van der Waals surface area contributed by atoms with Crippen LogP contribution in [-0.4, -0.2) is 27.3 Å². The van der Waals surface area contributed by atoms with E-state index in [4.69, 9.17) is 11.6 Å². The first-order valence-corrected chi connectivity index (χ1v) is 7.23. The molecule has 1 aromatic carbocycles. The molecule has 25 heavy (non-hydrogen) atoms. The summed E-state index contributed by atoms with van der Waals surface area (Å²) in [7, 11) is 0. The number of hydrogen-bond donors (Lipinski definition) is 1. The van der Waals surface area contributed by atoms with Crippen LogP contribution in [0.25, 0.3) is 16.6 Å². The molecule has 0 spiro atoms. The summed E-state index contributed by atoms with van der Waals surface area (Å²) in [6.07, 6.45) is -3.14. The number of pyridine rings is 1. The van der Waals surface area contributed by atoms with Crippen LogP contribution in [0.2, 0.25) is 5.15 Å². The molecule has 0 fully saturated rings. The summed E-state index contributed by atoms with van der Waals surface area (Å²) >= 11 is 5.85. The maximum atomic E-state index is 12.5. The number of halogens is 4. The SMILES string of the molecule is O=c1[nH]c2c(Cl)nccc2c(=O)n1-c1ccc(OCC(F)(F)F)cc1. The fraction of sp³-hybridized carbons (Fsp3) is 0.133. The number of alkyl halides is 3. The minimum absolute atomic E-state index is 0.0188. The van der Waals surface area contributed by atoms with E-state index in [2.05, 4.69) is 14.7 Å². The number of H-pyrrole nitrogens is 1. The van der Waals surface area contributed by atoms with Gasteiger partial charge in [-0.1, -0.05) is 11.6 Å². The minimum Gasteiger partial charge on any atom is -0.484 e. The third kappa shape index (κ3) is 3.50. The van der Waals surface area contributed by atoms with E-state index in [9.17, 15) is 22.8 Å². The van der Waals surface area contributed by atoms with Crippen LogP contribution in [0.1, 0.15) is 0 Å². The highest BCUT2D eigenvalue weighted by Gasteiger charge is 2.28. The number of nitrogens with zero attached hydrogens (tertiary/aromatic N) is 2. The highest BCUT2D eigenvalue weighted by atomic mass is 35.5. The Labute approximate surface area is 142 Å². The third-order valence-corrected chi connectivity index (χ3v) is 3.56. The molecule has 2 aromatic heterocycles. The normalized spacial score (nSPS) is 11.7. The van der Waals surface area contributed by atoms with Gasteiger partial charge < -0.3 is 9.72 Å². The van der Waals surface area contributed by atoms with Gasteiger partial charge in [0.15, 0.2) is 11.8 Å². The van der Waals surface area contributed by atoms with Gasteiger partial charge in [-0.15, -0.1) is 0 Å². The summed E-state index contributed by atoms with van der Waals surface area (Å²) in [4.78, 5) is 31.0. The Balaban J connectivity index is 2.02. The van der Waals surface area contributed by atoms with Gasteiger partial charge >= 0.3 is 11.9 Å². The van der Waals surface area contributed by atoms with Crippen molar-refractivity contribution in [2.24, 2.45) is 0 Å². The van der Waals surface area contributed by atoms with E-state index in [0.29, 0.717) is 0 Å². The molecule has 3 rings (SSSR count). The van der Waals surface area contributed by atoms with Crippen molar-refractivity contribution in [2.75, 3.05) is 6.61 Å². The molecule has 1 N–H and O–H groups in total. The van der Waals surface area contributed by atoms with Crippen LogP contribution in [0.4, 0.5) is 13.2 Å². The Morgan fingerprint density at radius 3 is 2.48 bits per heavy atom. The monoisotopic (exact) mass is 371 g/mol. The first-order chi connectivity index (χ1) is 11.8. The van der Waals surface area contributed by atoms with Gasteiger partial charge in [0.1, 0.15) is 5.75 Å². The zero-order valence-electron chi connectivity index (χ0n) is 12.3. The molecule has 6 nitrogen and oxygen atoms in total. The van der Waals surface area contributed by atoms with Crippen LogP contribution < -0.4 is 16.0 Å². The number of nitrogens with one attached hydrogen (secondary N) is 1. The van der Waals surface area contributed by atoms with E-state index >= 15 is 0 Å². The van der Waals surface area contributed by atoms with Crippen molar-refractivity contribution in [3.63, 3.8) is 0 Å². The van der Waals surface area contributed by atoms with Crippen molar-refractivity contribution in [3.05, 3.63) is 62.5 Å². The maximum Gasteiger partial charge on any atom is 0.422 e. The van der Waals surface area contributed by atoms with Crippen LogP contribution in [0.5, 0.6) is 5.75 Å². The van der Waals surface area contributed by atoms with Gasteiger partial charge in [0, 0.05) is 6.20 Å². The third-order valence-electron chi connectivity index (χ3n) is 3.27.